The van der Waals surface area contributed by atoms with Crippen LogP contribution in [0.2, 0.25) is 0 Å². The van der Waals surface area contributed by atoms with E-state index in [1.54, 1.807) is 13.8 Å². The van der Waals surface area contributed by atoms with Gasteiger partial charge >= 0.3 is 5.97 Å². The molecule has 0 bridgehead atoms. The van der Waals surface area contributed by atoms with Crippen LogP contribution in [0.1, 0.15) is 20.3 Å². The fourth-order valence-electron chi connectivity index (χ4n) is 1.69. The Balaban J connectivity index is 2.54. The van der Waals surface area contributed by atoms with Crippen molar-refractivity contribution in [1.82, 2.24) is 20.2 Å². The zero-order valence-electron chi connectivity index (χ0n) is 10.5. The number of tetrazole rings is 1. The number of aliphatic carboxylic acids is 1. The smallest absolute Gasteiger partial charge is 0.331 e. The molecule has 6 nitrogen and oxygen atoms in total. The van der Waals surface area contributed by atoms with E-state index in [-0.39, 0.29) is 5.82 Å². The second-order valence-electron chi connectivity index (χ2n) is 4.35. The van der Waals surface area contributed by atoms with Crippen LogP contribution in [-0.2, 0) is 10.3 Å². The molecule has 1 heterocycles. The van der Waals surface area contributed by atoms with Crippen LogP contribution < -0.4 is 0 Å². The maximum atomic E-state index is 12.9. The van der Waals surface area contributed by atoms with Gasteiger partial charge in [-0.15, -0.1) is 5.10 Å². The lowest BCUT2D eigenvalue weighted by Gasteiger charge is -2.23. The van der Waals surface area contributed by atoms with Gasteiger partial charge in [0.2, 0.25) is 0 Å². The molecular weight excluding hydrogens is 251 g/mol. The molecule has 0 amide bonds. The van der Waals surface area contributed by atoms with E-state index in [0.717, 1.165) is 0 Å². The number of hydrogen-bond donors (Lipinski definition) is 1. The van der Waals surface area contributed by atoms with Crippen LogP contribution in [0.15, 0.2) is 24.3 Å². The molecule has 0 saturated carbocycles. The average molecular weight is 264 g/mol. The number of rotatable bonds is 4. The third-order valence-electron chi connectivity index (χ3n) is 3.19. The Morgan fingerprint density at radius 3 is 2.58 bits per heavy atom. The van der Waals surface area contributed by atoms with Crippen molar-refractivity contribution >= 4 is 5.97 Å². The molecule has 0 radical (unpaired) electrons. The molecule has 2 rings (SSSR count). The second-order valence-corrected chi connectivity index (χ2v) is 4.35. The molecule has 1 atom stereocenters. The highest BCUT2D eigenvalue weighted by atomic mass is 19.1. The minimum Gasteiger partial charge on any atom is -0.479 e. The molecule has 2 aromatic rings. The number of aromatic nitrogens is 4. The zero-order chi connectivity index (χ0) is 14.0. The van der Waals surface area contributed by atoms with Gasteiger partial charge in [0.15, 0.2) is 11.4 Å². The van der Waals surface area contributed by atoms with Crippen LogP contribution in [0.5, 0.6) is 0 Å². The lowest BCUT2D eigenvalue weighted by molar-refractivity contribution is -0.147. The van der Waals surface area contributed by atoms with Crippen LogP contribution in [0, 0.1) is 5.82 Å². The van der Waals surface area contributed by atoms with Gasteiger partial charge in [-0.05, 0) is 48.0 Å². The molecule has 0 saturated heterocycles. The van der Waals surface area contributed by atoms with Crippen LogP contribution in [-0.4, -0.2) is 31.3 Å². The van der Waals surface area contributed by atoms with Crippen molar-refractivity contribution in [3.63, 3.8) is 0 Å². The Hall–Kier alpha value is -2.31. The van der Waals surface area contributed by atoms with Gasteiger partial charge in [0.1, 0.15) is 5.82 Å². The van der Waals surface area contributed by atoms with Crippen molar-refractivity contribution in [2.45, 2.75) is 25.8 Å². The van der Waals surface area contributed by atoms with Crippen molar-refractivity contribution in [1.29, 1.82) is 0 Å². The summed E-state index contributed by atoms with van der Waals surface area (Å²) < 4.78 is 14.2. The largest absolute Gasteiger partial charge is 0.479 e. The van der Waals surface area contributed by atoms with Crippen molar-refractivity contribution < 1.29 is 14.3 Å². The molecule has 1 aromatic carbocycles. The second kappa shape index (κ2) is 4.75. The van der Waals surface area contributed by atoms with Gasteiger partial charge in [-0.25, -0.2) is 13.9 Å². The first-order valence-corrected chi connectivity index (χ1v) is 5.77. The topological polar surface area (TPSA) is 80.9 Å². The maximum Gasteiger partial charge on any atom is 0.331 e. The van der Waals surface area contributed by atoms with E-state index in [2.05, 4.69) is 15.5 Å². The molecule has 7 heteroatoms. The molecule has 19 heavy (non-hydrogen) atoms. The minimum absolute atomic E-state index is 0.298. The number of carbonyl (C=O) groups is 1. The Morgan fingerprint density at radius 1 is 1.42 bits per heavy atom. The van der Waals surface area contributed by atoms with Crippen molar-refractivity contribution in [2.75, 3.05) is 0 Å². The fraction of sp³-hybridized carbons (Fsp3) is 0.333. The van der Waals surface area contributed by atoms with Gasteiger partial charge < -0.3 is 5.11 Å². The first-order valence-electron chi connectivity index (χ1n) is 5.77. The van der Waals surface area contributed by atoms with Crippen molar-refractivity contribution in [3.05, 3.63) is 30.1 Å². The third kappa shape index (κ3) is 2.18. The van der Waals surface area contributed by atoms with E-state index in [0.29, 0.717) is 17.8 Å². The van der Waals surface area contributed by atoms with E-state index in [4.69, 9.17) is 0 Å². The summed E-state index contributed by atoms with van der Waals surface area (Å²) >= 11 is 0. The summed E-state index contributed by atoms with van der Waals surface area (Å²) in [6, 6.07) is 5.57. The highest BCUT2D eigenvalue weighted by Crippen LogP contribution is 2.26. The van der Waals surface area contributed by atoms with Crippen LogP contribution in [0.3, 0.4) is 0 Å². The number of carboxylic acids is 1. The summed E-state index contributed by atoms with van der Waals surface area (Å²) in [5.74, 6) is -1.10. The van der Waals surface area contributed by atoms with Crippen LogP contribution in [0.25, 0.3) is 11.4 Å². The molecule has 0 aliphatic carbocycles. The van der Waals surface area contributed by atoms with Gasteiger partial charge in [-0.2, -0.15) is 0 Å². The normalized spacial score (nSPS) is 14.1. The first-order chi connectivity index (χ1) is 8.99. The van der Waals surface area contributed by atoms with E-state index >= 15 is 0 Å². The lowest BCUT2D eigenvalue weighted by Crippen LogP contribution is -2.39. The molecule has 1 unspecified atom stereocenters. The summed E-state index contributed by atoms with van der Waals surface area (Å²) in [4.78, 5) is 11.4. The standard InChI is InChI=1S/C12H13FN4O2/c1-3-12(2,11(18)19)17-10(14-15-16-17)8-4-6-9(13)7-5-8/h4-7H,3H2,1-2H3,(H,18,19). The maximum absolute atomic E-state index is 12.9. The Kier molecular flexibility index (Phi) is 3.28. The average Bonchev–Trinajstić information content (AvgIpc) is 2.88. The van der Waals surface area contributed by atoms with E-state index in [9.17, 15) is 14.3 Å². The predicted octanol–water partition coefficient (Wildman–Crippen LogP) is 1.69. The highest BCUT2D eigenvalue weighted by Gasteiger charge is 2.37. The van der Waals surface area contributed by atoms with Crippen LogP contribution >= 0.6 is 0 Å². The van der Waals surface area contributed by atoms with Crippen molar-refractivity contribution in [2.24, 2.45) is 0 Å². The van der Waals surface area contributed by atoms with E-state index in [1.165, 1.54) is 28.9 Å². The monoisotopic (exact) mass is 264 g/mol. The summed E-state index contributed by atoms with van der Waals surface area (Å²) in [5.41, 5.74) is -0.680. The summed E-state index contributed by atoms with van der Waals surface area (Å²) in [5, 5.41) is 20.5. The van der Waals surface area contributed by atoms with Crippen LogP contribution in [0.4, 0.5) is 4.39 Å². The Labute approximate surface area is 108 Å². The van der Waals surface area contributed by atoms with Crippen molar-refractivity contribution in [3.8, 4) is 11.4 Å². The van der Waals surface area contributed by atoms with Gasteiger partial charge in [-0.3, -0.25) is 0 Å². The molecule has 0 aliphatic heterocycles. The number of carboxylic acid groups (broad SMARTS) is 1. The summed E-state index contributed by atoms with van der Waals surface area (Å²) in [6.45, 7) is 3.28. The first kappa shape index (κ1) is 13.1. The molecule has 1 N–H and O–H groups in total. The number of hydrogen-bond acceptors (Lipinski definition) is 4. The summed E-state index contributed by atoms with van der Waals surface area (Å²) in [6.07, 6.45) is 0.321. The predicted molar refractivity (Wildman–Crippen MR) is 64.8 cm³/mol. The highest BCUT2D eigenvalue weighted by molar-refractivity contribution is 5.77. The molecule has 100 valence electrons. The van der Waals surface area contributed by atoms with E-state index < -0.39 is 11.5 Å². The lowest BCUT2D eigenvalue weighted by atomic mass is 9.99. The van der Waals surface area contributed by atoms with Gasteiger partial charge in [0, 0.05) is 5.56 Å². The molecule has 0 spiro atoms. The number of benzene rings is 1. The minimum atomic E-state index is -1.24. The Bertz CT molecular complexity index is 596. The molecule has 0 aliphatic rings. The number of halogens is 1. The summed E-state index contributed by atoms with van der Waals surface area (Å²) in [7, 11) is 0. The molecular formula is C12H13FN4O2. The third-order valence-corrected chi connectivity index (χ3v) is 3.19. The fourth-order valence-corrected chi connectivity index (χ4v) is 1.69. The zero-order valence-corrected chi connectivity index (χ0v) is 10.5. The SMILES string of the molecule is CCC(C)(C(=O)O)n1nnnc1-c1ccc(F)cc1. The number of nitrogens with zero attached hydrogens (tertiary/aromatic N) is 4. The van der Waals surface area contributed by atoms with Gasteiger partial charge in [-0.1, -0.05) is 6.92 Å². The van der Waals surface area contributed by atoms with Gasteiger partial charge in [0.25, 0.3) is 0 Å². The molecule has 0 fully saturated rings. The van der Waals surface area contributed by atoms with E-state index in [1.807, 2.05) is 0 Å². The quantitative estimate of drug-likeness (QED) is 0.908. The molecule has 1 aromatic heterocycles. The van der Waals surface area contributed by atoms with Gasteiger partial charge in [0.05, 0.1) is 0 Å². The Morgan fingerprint density at radius 2 is 2.05 bits per heavy atom.